The van der Waals surface area contributed by atoms with Gasteiger partial charge in [-0.3, -0.25) is 0 Å². The van der Waals surface area contributed by atoms with Gasteiger partial charge in [0.25, 0.3) is 0 Å². The van der Waals surface area contributed by atoms with E-state index < -0.39 is 0 Å². The number of anilines is 1. The van der Waals surface area contributed by atoms with E-state index in [9.17, 15) is 4.39 Å². The molecule has 1 aromatic carbocycles. The van der Waals surface area contributed by atoms with E-state index in [0.717, 1.165) is 16.5 Å². The molecule has 6 heteroatoms. The van der Waals surface area contributed by atoms with Gasteiger partial charge in [0.1, 0.15) is 17.5 Å². The number of benzene rings is 1. The number of hydrogen-bond acceptors (Lipinski definition) is 4. The molecule has 1 aromatic heterocycles. The molecule has 2 rings (SSSR count). The second-order valence-electron chi connectivity index (χ2n) is 3.69. The van der Waals surface area contributed by atoms with Crippen LogP contribution in [0.5, 0.6) is 0 Å². The molecular formula is C11H13FN4S. The molecule has 4 nitrogen and oxygen atoms in total. The van der Waals surface area contributed by atoms with Gasteiger partial charge in [0.2, 0.25) is 0 Å². The van der Waals surface area contributed by atoms with Crippen LogP contribution in [-0.4, -0.2) is 14.8 Å². The summed E-state index contributed by atoms with van der Waals surface area (Å²) in [5.41, 5.74) is 6.35. The summed E-state index contributed by atoms with van der Waals surface area (Å²) in [6, 6.07) is 4.36. The van der Waals surface area contributed by atoms with Crippen molar-refractivity contribution < 1.29 is 4.39 Å². The van der Waals surface area contributed by atoms with E-state index in [2.05, 4.69) is 10.2 Å². The molecule has 17 heavy (non-hydrogen) atoms. The molecule has 0 aliphatic rings. The monoisotopic (exact) mass is 252 g/mol. The summed E-state index contributed by atoms with van der Waals surface area (Å²) in [4.78, 5) is 0.727. The van der Waals surface area contributed by atoms with Gasteiger partial charge in [-0.25, -0.2) is 4.39 Å². The molecule has 0 bridgehead atoms. The number of thioether (sulfide) groups is 1. The van der Waals surface area contributed by atoms with Crippen LogP contribution in [0.1, 0.15) is 11.6 Å². The molecule has 0 atom stereocenters. The number of nitrogens with zero attached hydrogens (tertiary/aromatic N) is 3. The summed E-state index contributed by atoms with van der Waals surface area (Å²) in [5, 5.41) is 8.00. The van der Waals surface area contributed by atoms with E-state index in [4.69, 9.17) is 5.73 Å². The topological polar surface area (TPSA) is 56.7 Å². The Morgan fingerprint density at radius 2 is 2.18 bits per heavy atom. The van der Waals surface area contributed by atoms with Gasteiger partial charge in [-0.2, -0.15) is 0 Å². The molecule has 2 aromatic rings. The smallest absolute Gasteiger partial charge is 0.143 e. The van der Waals surface area contributed by atoms with E-state index in [0.29, 0.717) is 11.4 Å². The highest BCUT2D eigenvalue weighted by molar-refractivity contribution is 7.98. The number of rotatable bonds is 3. The molecule has 0 aliphatic heterocycles. The maximum atomic E-state index is 13.1. The molecule has 90 valence electrons. The summed E-state index contributed by atoms with van der Waals surface area (Å²) < 4.78 is 15.0. The molecule has 0 radical (unpaired) electrons. The minimum absolute atomic E-state index is 0.282. The van der Waals surface area contributed by atoms with Gasteiger partial charge in [0.05, 0.1) is 5.75 Å². The molecule has 0 saturated heterocycles. The predicted octanol–water partition coefficient (Wildman–Crippen LogP) is 2.14. The molecule has 1 heterocycles. The van der Waals surface area contributed by atoms with Gasteiger partial charge in [-0.1, -0.05) is 0 Å². The standard InChI is InChI=1S/C11H13FN4S/c1-7-14-15-11(16(7)2)6-17-10-5-8(12)3-4-9(10)13/h3-5H,6,13H2,1-2H3. The van der Waals surface area contributed by atoms with Crippen molar-refractivity contribution in [2.45, 2.75) is 17.6 Å². The summed E-state index contributed by atoms with van der Waals surface area (Å²) in [7, 11) is 1.90. The molecule has 0 aliphatic carbocycles. The van der Waals surface area contributed by atoms with Crippen LogP contribution in [0.15, 0.2) is 23.1 Å². The lowest BCUT2D eigenvalue weighted by atomic mass is 10.3. The first-order chi connectivity index (χ1) is 8.08. The minimum atomic E-state index is -0.282. The fourth-order valence-corrected chi connectivity index (χ4v) is 2.32. The largest absolute Gasteiger partial charge is 0.398 e. The fourth-order valence-electron chi connectivity index (χ4n) is 1.35. The summed E-state index contributed by atoms with van der Waals surface area (Å²) in [5.74, 6) is 2.03. The van der Waals surface area contributed by atoms with Crippen LogP contribution < -0.4 is 5.73 Å². The normalized spacial score (nSPS) is 10.8. The first-order valence-electron chi connectivity index (χ1n) is 5.10. The number of hydrogen-bond donors (Lipinski definition) is 1. The summed E-state index contributed by atoms with van der Waals surface area (Å²) in [6.45, 7) is 1.89. The van der Waals surface area contributed by atoms with Crippen molar-refractivity contribution in [3.05, 3.63) is 35.7 Å². The van der Waals surface area contributed by atoms with E-state index in [-0.39, 0.29) is 5.82 Å². The zero-order valence-electron chi connectivity index (χ0n) is 9.64. The third-order valence-corrected chi connectivity index (χ3v) is 3.58. The predicted molar refractivity (Wildman–Crippen MR) is 66.1 cm³/mol. The molecule has 0 spiro atoms. The number of halogens is 1. The molecular weight excluding hydrogens is 239 g/mol. The molecule has 2 N–H and O–H groups in total. The zero-order chi connectivity index (χ0) is 12.4. The number of aromatic nitrogens is 3. The maximum Gasteiger partial charge on any atom is 0.143 e. The van der Waals surface area contributed by atoms with Crippen molar-refractivity contribution in [3.63, 3.8) is 0 Å². The summed E-state index contributed by atoms with van der Waals surface area (Å²) in [6.07, 6.45) is 0. The van der Waals surface area contributed by atoms with Gasteiger partial charge < -0.3 is 10.3 Å². The fraction of sp³-hybridized carbons (Fsp3) is 0.273. The van der Waals surface area contributed by atoms with Crippen molar-refractivity contribution >= 4 is 17.4 Å². The van der Waals surface area contributed by atoms with Crippen molar-refractivity contribution in [2.75, 3.05) is 5.73 Å². The van der Waals surface area contributed by atoms with E-state index in [1.54, 1.807) is 6.07 Å². The van der Waals surface area contributed by atoms with Crippen molar-refractivity contribution in [2.24, 2.45) is 7.05 Å². The first kappa shape index (κ1) is 11.9. The number of nitrogen functional groups attached to an aromatic ring is 1. The maximum absolute atomic E-state index is 13.1. The Morgan fingerprint density at radius 3 is 2.82 bits per heavy atom. The summed E-state index contributed by atoms with van der Waals surface area (Å²) >= 11 is 1.45. The van der Waals surface area contributed by atoms with Crippen LogP contribution in [0.25, 0.3) is 0 Å². The lowest BCUT2D eigenvalue weighted by Crippen LogP contribution is -1.98. The Morgan fingerprint density at radius 1 is 1.41 bits per heavy atom. The molecule has 0 saturated carbocycles. The Kier molecular flexibility index (Phi) is 3.33. The second-order valence-corrected chi connectivity index (χ2v) is 4.71. The van der Waals surface area contributed by atoms with Crippen LogP contribution in [0.2, 0.25) is 0 Å². The average molecular weight is 252 g/mol. The molecule has 0 amide bonds. The Bertz CT molecular complexity index is 538. The highest BCUT2D eigenvalue weighted by Crippen LogP contribution is 2.28. The van der Waals surface area contributed by atoms with Gasteiger partial charge in [0, 0.05) is 17.6 Å². The highest BCUT2D eigenvalue weighted by atomic mass is 32.2. The second kappa shape index (κ2) is 4.75. The third kappa shape index (κ3) is 2.58. The van der Waals surface area contributed by atoms with E-state index >= 15 is 0 Å². The number of aryl methyl sites for hydroxylation is 1. The van der Waals surface area contributed by atoms with Crippen LogP contribution in [0.4, 0.5) is 10.1 Å². The third-order valence-electron chi connectivity index (χ3n) is 2.52. The average Bonchev–Trinajstić information content (AvgIpc) is 2.62. The van der Waals surface area contributed by atoms with E-state index in [1.165, 1.54) is 23.9 Å². The highest BCUT2D eigenvalue weighted by Gasteiger charge is 2.07. The van der Waals surface area contributed by atoms with Gasteiger partial charge in [-0.05, 0) is 25.1 Å². The van der Waals surface area contributed by atoms with Crippen molar-refractivity contribution in [3.8, 4) is 0 Å². The van der Waals surface area contributed by atoms with Crippen molar-refractivity contribution in [1.82, 2.24) is 14.8 Å². The van der Waals surface area contributed by atoms with Crippen LogP contribution in [0, 0.1) is 12.7 Å². The van der Waals surface area contributed by atoms with Gasteiger partial charge in [-0.15, -0.1) is 22.0 Å². The number of nitrogens with two attached hydrogens (primary N) is 1. The SMILES string of the molecule is Cc1nnc(CSc2cc(F)ccc2N)n1C. The first-order valence-corrected chi connectivity index (χ1v) is 6.09. The Hall–Kier alpha value is -1.56. The minimum Gasteiger partial charge on any atom is -0.398 e. The van der Waals surface area contributed by atoms with Crippen LogP contribution in [-0.2, 0) is 12.8 Å². The molecule has 0 fully saturated rings. The zero-order valence-corrected chi connectivity index (χ0v) is 10.5. The van der Waals surface area contributed by atoms with Crippen molar-refractivity contribution in [1.29, 1.82) is 0 Å². The lowest BCUT2D eigenvalue weighted by molar-refractivity contribution is 0.624. The lowest BCUT2D eigenvalue weighted by Gasteiger charge is -2.05. The van der Waals surface area contributed by atoms with Gasteiger partial charge in [0.15, 0.2) is 0 Å². The Labute approximate surface area is 103 Å². The molecule has 0 unspecified atom stereocenters. The van der Waals surface area contributed by atoms with Crippen LogP contribution in [0.3, 0.4) is 0 Å². The van der Waals surface area contributed by atoms with E-state index in [1.807, 2.05) is 18.5 Å². The quantitative estimate of drug-likeness (QED) is 0.671. The Balaban J connectivity index is 2.12. The van der Waals surface area contributed by atoms with Gasteiger partial charge >= 0.3 is 0 Å². The van der Waals surface area contributed by atoms with Crippen LogP contribution >= 0.6 is 11.8 Å².